The molecular formula is C7H13NO. The number of hydrogen-bond acceptors (Lipinski definition) is 2. The minimum atomic E-state index is 0.221. The Bertz CT molecular complexity index is 122. The fourth-order valence-electron chi connectivity index (χ4n) is 1.11. The van der Waals surface area contributed by atoms with Gasteiger partial charge >= 0.3 is 0 Å². The van der Waals surface area contributed by atoms with Gasteiger partial charge in [-0.1, -0.05) is 6.92 Å². The second-order valence-electron chi connectivity index (χ2n) is 2.75. The summed E-state index contributed by atoms with van der Waals surface area (Å²) in [6.07, 6.45) is 0.714. The lowest BCUT2D eigenvalue weighted by atomic mass is 9.93. The number of nitrogens with one attached hydrogen (secondary N) is 1. The van der Waals surface area contributed by atoms with E-state index in [1.165, 1.54) is 0 Å². The number of hydrogen-bond donors (Lipinski definition) is 1. The van der Waals surface area contributed by atoms with Crippen LogP contribution in [0.2, 0.25) is 0 Å². The quantitative estimate of drug-likeness (QED) is 0.515. The Labute approximate surface area is 55.6 Å². The third-order valence-corrected chi connectivity index (χ3v) is 2.10. The summed E-state index contributed by atoms with van der Waals surface area (Å²) in [5.41, 5.74) is 0. The third kappa shape index (κ3) is 1.30. The number of rotatable bonds is 0. The van der Waals surface area contributed by atoms with Crippen molar-refractivity contribution in [2.24, 2.45) is 5.92 Å². The molecule has 52 valence electrons. The van der Waals surface area contributed by atoms with E-state index >= 15 is 0 Å². The first-order chi connectivity index (χ1) is 4.22. The maximum Gasteiger partial charge on any atom is 0.138 e. The maximum atomic E-state index is 11.0. The van der Waals surface area contributed by atoms with E-state index < -0.39 is 0 Å². The van der Waals surface area contributed by atoms with Gasteiger partial charge in [0, 0.05) is 24.9 Å². The number of piperidine rings is 1. The summed E-state index contributed by atoms with van der Waals surface area (Å²) in [5, 5.41) is 3.24. The summed E-state index contributed by atoms with van der Waals surface area (Å²) in [5.74, 6) is 0.625. The first-order valence-corrected chi connectivity index (χ1v) is 3.48. The molecule has 1 saturated heterocycles. The number of Topliss-reactive ketones (excluding diaryl/α,β-unsaturated/α-hetero) is 1. The molecule has 0 unspecified atom stereocenters. The molecule has 0 aliphatic carbocycles. The Morgan fingerprint density at radius 3 is 2.67 bits per heavy atom. The van der Waals surface area contributed by atoms with Crippen LogP contribution in [0.4, 0.5) is 0 Å². The first-order valence-electron chi connectivity index (χ1n) is 3.48. The molecule has 0 spiro atoms. The van der Waals surface area contributed by atoms with Crippen LogP contribution < -0.4 is 5.32 Å². The second kappa shape index (κ2) is 2.48. The van der Waals surface area contributed by atoms with E-state index in [-0.39, 0.29) is 5.92 Å². The molecule has 1 aliphatic heterocycles. The Morgan fingerprint density at radius 1 is 1.56 bits per heavy atom. The fraction of sp³-hybridized carbons (Fsp3) is 0.857. The van der Waals surface area contributed by atoms with E-state index in [0.717, 1.165) is 6.54 Å². The molecule has 0 aromatic rings. The summed E-state index contributed by atoms with van der Waals surface area (Å²) >= 11 is 0. The lowest BCUT2D eigenvalue weighted by Crippen LogP contribution is -2.42. The molecule has 0 bridgehead atoms. The standard InChI is InChI=1S/C7H13NO/c1-5-6(2)8-4-3-7(5)9/h5-6,8H,3-4H2,1-2H3/t5-,6-/m0/s1. The zero-order valence-electron chi connectivity index (χ0n) is 5.98. The third-order valence-electron chi connectivity index (χ3n) is 2.10. The average Bonchev–Trinajstić information content (AvgIpc) is 1.83. The predicted molar refractivity (Wildman–Crippen MR) is 36.3 cm³/mol. The minimum absolute atomic E-state index is 0.221. The summed E-state index contributed by atoms with van der Waals surface area (Å²) in [6.45, 7) is 4.91. The van der Waals surface area contributed by atoms with E-state index in [1.54, 1.807) is 0 Å². The van der Waals surface area contributed by atoms with Crippen molar-refractivity contribution in [3.05, 3.63) is 0 Å². The zero-order valence-corrected chi connectivity index (χ0v) is 5.98. The number of ketones is 1. The molecule has 0 amide bonds. The molecule has 1 heterocycles. The van der Waals surface area contributed by atoms with Crippen molar-refractivity contribution in [3.8, 4) is 0 Å². The Morgan fingerprint density at radius 2 is 2.22 bits per heavy atom. The van der Waals surface area contributed by atoms with Crippen molar-refractivity contribution in [1.29, 1.82) is 0 Å². The monoisotopic (exact) mass is 127 g/mol. The zero-order chi connectivity index (χ0) is 6.85. The van der Waals surface area contributed by atoms with Gasteiger partial charge in [-0.2, -0.15) is 0 Å². The van der Waals surface area contributed by atoms with E-state index in [2.05, 4.69) is 12.2 Å². The molecule has 1 rings (SSSR count). The van der Waals surface area contributed by atoms with Gasteiger partial charge in [0.05, 0.1) is 0 Å². The van der Waals surface area contributed by atoms with Crippen LogP contribution in [-0.2, 0) is 4.79 Å². The second-order valence-corrected chi connectivity index (χ2v) is 2.75. The summed E-state index contributed by atoms with van der Waals surface area (Å²) in [7, 11) is 0. The van der Waals surface area contributed by atoms with Crippen molar-refractivity contribution in [2.75, 3.05) is 6.54 Å². The lowest BCUT2D eigenvalue weighted by Gasteiger charge is -2.25. The van der Waals surface area contributed by atoms with Crippen LogP contribution in [0, 0.1) is 5.92 Å². The van der Waals surface area contributed by atoms with Crippen LogP contribution in [0.25, 0.3) is 0 Å². The van der Waals surface area contributed by atoms with Gasteiger partial charge in [-0.3, -0.25) is 4.79 Å². The number of carbonyl (C=O) groups is 1. The van der Waals surface area contributed by atoms with E-state index in [9.17, 15) is 4.79 Å². The van der Waals surface area contributed by atoms with Crippen molar-refractivity contribution in [2.45, 2.75) is 26.3 Å². The molecule has 1 N–H and O–H groups in total. The van der Waals surface area contributed by atoms with Crippen molar-refractivity contribution in [3.63, 3.8) is 0 Å². The van der Waals surface area contributed by atoms with Crippen molar-refractivity contribution >= 4 is 5.78 Å². The van der Waals surface area contributed by atoms with Crippen LogP contribution in [0.15, 0.2) is 0 Å². The summed E-state index contributed by atoms with van der Waals surface area (Å²) in [4.78, 5) is 11.0. The smallest absolute Gasteiger partial charge is 0.138 e. The van der Waals surface area contributed by atoms with E-state index in [1.807, 2.05) is 6.92 Å². The van der Waals surface area contributed by atoms with Gasteiger partial charge in [-0.25, -0.2) is 0 Å². The topological polar surface area (TPSA) is 29.1 Å². The van der Waals surface area contributed by atoms with E-state index in [4.69, 9.17) is 0 Å². The Balaban J connectivity index is 2.51. The Kier molecular flexibility index (Phi) is 1.86. The van der Waals surface area contributed by atoms with Crippen LogP contribution in [0.3, 0.4) is 0 Å². The van der Waals surface area contributed by atoms with Crippen LogP contribution in [0.1, 0.15) is 20.3 Å². The molecule has 0 aromatic heterocycles. The normalized spacial score (nSPS) is 36.9. The SMILES string of the molecule is C[C@@H]1NCCC(=O)[C@H]1C. The predicted octanol–water partition coefficient (Wildman–Crippen LogP) is 0.573. The Hall–Kier alpha value is -0.370. The molecule has 1 aliphatic rings. The van der Waals surface area contributed by atoms with Gasteiger partial charge in [0.25, 0.3) is 0 Å². The average molecular weight is 127 g/mol. The van der Waals surface area contributed by atoms with Gasteiger partial charge in [0.1, 0.15) is 5.78 Å². The summed E-state index contributed by atoms with van der Waals surface area (Å²) in [6, 6.07) is 0.381. The van der Waals surface area contributed by atoms with Crippen LogP contribution >= 0.6 is 0 Å². The highest BCUT2D eigenvalue weighted by Gasteiger charge is 2.23. The van der Waals surface area contributed by atoms with Crippen molar-refractivity contribution in [1.82, 2.24) is 5.32 Å². The van der Waals surface area contributed by atoms with Crippen molar-refractivity contribution < 1.29 is 4.79 Å². The van der Waals surface area contributed by atoms with Gasteiger partial charge in [0.2, 0.25) is 0 Å². The van der Waals surface area contributed by atoms with Crippen LogP contribution in [-0.4, -0.2) is 18.4 Å². The molecule has 2 nitrogen and oxygen atoms in total. The van der Waals surface area contributed by atoms with Gasteiger partial charge in [0.15, 0.2) is 0 Å². The lowest BCUT2D eigenvalue weighted by molar-refractivity contribution is -0.124. The molecule has 2 heteroatoms. The summed E-state index contributed by atoms with van der Waals surface area (Å²) < 4.78 is 0. The van der Waals surface area contributed by atoms with Gasteiger partial charge in [-0.15, -0.1) is 0 Å². The molecule has 1 fully saturated rings. The fourth-order valence-corrected chi connectivity index (χ4v) is 1.11. The molecule has 0 radical (unpaired) electrons. The molecule has 2 atom stereocenters. The highest BCUT2D eigenvalue weighted by Crippen LogP contribution is 2.10. The van der Waals surface area contributed by atoms with E-state index in [0.29, 0.717) is 18.2 Å². The number of carbonyl (C=O) groups excluding carboxylic acids is 1. The minimum Gasteiger partial charge on any atom is -0.313 e. The highest BCUT2D eigenvalue weighted by molar-refractivity contribution is 5.82. The maximum absolute atomic E-state index is 11.0. The largest absolute Gasteiger partial charge is 0.313 e. The van der Waals surface area contributed by atoms with Crippen LogP contribution in [0.5, 0.6) is 0 Å². The molecule has 9 heavy (non-hydrogen) atoms. The van der Waals surface area contributed by atoms with Gasteiger partial charge in [-0.05, 0) is 6.92 Å². The first kappa shape index (κ1) is 6.75. The molecule has 0 aromatic carbocycles. The molecule has 0 saturated carbocycles. The highest BCUT2D eigenvalue weighted by atomic mass is 16.1. The van der Waals surface area contributed by atoms with Gasteiger partial charge < -0.3 is 5.32 Å². The molecular weight excluding hydrogens is 114 g/mol.